The number of aryl methyl sites for hydroxylation is 1. The van der Waals surface area contributed by atoms with Crippen LogP contribution in [-0.2, 0) is 0 Å². The Bertz CT molecular complexity index is 359. The number of aromatic nitrogens is 3. The van der Waals surface area contributed by atoms with Gasteiger partial charge in [0, 0.05) is 11.1 Å². The van der Waals surface area contributed by atoms with Gasteiger partial charge in [0.25, 0.3) is 0 Å². The van der Waals surface area contributed by atoms with Gasteiger partial charge in [-0.15, -0.1) is 11.3 Å². The molecule has 0 amide bonds. The van der Waals surface area contributed by atoms with Crippen molar-refractivity contribution in [2.24, 2.45) is 0 Å². The Morgan fingerprint density at radius 3 is 2.83 bits per heavy atom. The summed E-state index contributed by atoms with van der Waals surface area (Å²) in [6.45, 7) is 1.90. The summed E-state index contributed by atoms with van der Waals surface area (Å²) in [5.41, 5.74) is 0.941. The lowest BCUT2D eigenvalue weighted by molar-refractivity contribution is 0.421. The van der Waals surface area contributed by atoms with Crippen molar-refractivity contribution in [3.05, 3.63) is 16.4 Å². The second-order valence-electron chi connectivity index (χ2n) is 2.16. The molecule has 0 spiro atoms. The zero-order valence-corrected chi connectivity index (χ0v) is 7.69. The summed E-state index contributed by atoms with van der Waals surface area (Å²) >= 11 is 6.91. The van der Waals surface area contributed by atoms with Crippen molar-refractivity contribution in [3.63, 3.8) is 0 Å². The van der Waals surface area contributed by atoms with Gasteiger partial charge in [-0.1, -0.05) is 5.16 Å². The molecule has 0 saturated heterocycles. The smallest absolute Gasteiger partial charge is 0.320 e. The molecule has 4 nitrogen and oxygen atoms in total. The quantitative estimate of drug-likeness (QED) is 0.710. The van der Waals surface area contributed by atoms with E-state index in [2.05, 4.69) is 19.6 Å². The first-order valence-corrected chi connectivity index (χ1v) is 4.43. The Labute approximate surface area is 77.2 Å². The minimum atomic E-state index is 0.0397. The van der Waals surface area contributed by atoms with Crippen LogP contribution in [0, 0.1) is 6.92 Å². The minimum absolute atomic E-state index is 0.0397. The predicted molar refractivity (Wildman–Crippen MR) is 45.2 cm³/mol. The molecule has 6 heteroatoms. The molecule has 12 heavy (non-hydrogen) atoms. The van der Waals surface area contributed by atoms with Gasteiger partial charge in [0.1, 0.15) is 0 Å². The summed E-state index contributed by atoms with van der Waals surface area (Å²) in [5, 5.41) is 6.31. The van der Waals surface area contributed by atoms with Crippen LogP contribution in [0.5, 0.6) is 0 Å². The molecule has 0 aliphatic carbocycles. The topological polar surface area (TPSA) is 51.8 Å². The van der Waals surface area contributed by atoms with Crippen LogP contribution in [0.2, 0.25) is 5.35 Å². The molecule has 0 N–H and O–H groups in total. The normalized spacial score (nSPS) is 10.5. The van der Waals surface area contributed by atoms with Gasteiger partial charge in [-0.05, 0) is 18.5 Å². The number of hydrogen-bond donors (Lipinski definition) is 0. The zero-order valence-electron chi connectivity index (χ0n) is 6.11. The van der Waals surface area contributed by atoms with E-state index in [1.54, 1.807) is 0 Å². The largest absolute Gasteiger partial charge is 0.321 e. The van der Waals surface area contributed by atoms with E-state index in [0.717, 1.165) is 10.7 Å². The van der Waals surface area contributed by atoms with Crippen molar-refractivity contribution in [1.82, 2.24) is 15.1 Å². The molecule has 62 valence electrons. The van der Waals surface area contributed by atoms with E-state index in [-0.39, 0.29) is 5.35 Å². The van der Waals surface area contributed by atoms with Crippen LogP contribution in [-0.4, -0.2) is 15.1 Å². The van der Waals surface area contributed by atoms with Gasteiger partial charge in [0.05, 0.1) is 0 Å². The highest BCUT2D eigenvalue weighted by atomic mass is 35.5. The van der Waals surface area contributed by atoms with Crippen molar-refractivity contribution in [1.29, 1.82) is 0 Å². The van der Waals surface area contributed by atoms with E-state index in [1.165, 1.54) is 11.3 Å². The number of rotatable bonds is 1. The fourth-order valence-electron chi connectivity index (χ4n) is 0.749. The van der Waals surface area contributed by atoms with Crippen LogP contribution < -0.4 is 0 Å². The zero-order chi connectivity index (χ0) is 8.55. The standard InChI is InChI=1S/C6H4ClN3OS/c1-3-2-12-5(8-3)4-9-6(7)11-10-4/h2H,1H3. The summed E-state index contributed by atoms with van der Waals surface area (Å²) < 4.78 is 4.60. The number of thiazole rings is 1. The number of hydrogen-bond acceptors (Lipinski definition) is 5. The van der Waals surface area contributed by atoms with Crippen LogP contribution in [0.3, 0.4) is 0 Å². The Morgan fingerprint density at radius 2 is 2.33 bits per heavy atom. The Kier molecular flexibility index (Phi) is 1.82. The molecule has 0 aliphatic rings. The molecule has 0 radical (unpaired) electrons. The second kappa shape index (κ2) is 2.84. The molecule has 0 unspecified atom stereocenters. The fourth-order valence-corrected chi connectivity index (χ4v) is 1.58. The average Bonchev–Trinajstić information content (AvgIpc) is 2.58. The van der Waals surface area contributed by atoms with Crippen molar-refractivity contribution < 1.29 is 4.52 Å². The minimum Gasteiger partial charge on any atom is -0.321 e. The summed E-state index contributed by atoms with van der Waals surface area (Å²) in [6, 6.07) is 0. The van der Waals surface area contributed by atoms with E-state index < -0.39 is 0 Å². The van der Waals surface area contributed by atoms with Crippen molar-refractivity contribution >= 4 is 22.9 Å². The molecule has 0 saturated carbocycles. The lowest BCUT2D eigenvalue weighted by Gasteiger charge is -1.80. The Balaban J connectivity index is 2.43. The van der Waals surface area contributed by atoms with Crippen LogP contribution in [0.15, 0.2) is 9.90 Å². The molecule has 0 fully saturated rings. The second-order valence-corrected chi connectivity index (χ2v) is 3.35. The highest BCUT2D eigenvalue weighted by Crippen LogP contribution is 2.21. The highest BCUT2D eigenvalue weighted by molar-refractivity contribution is 7.13. The third-order valence-corrected chi connectivity index (χ3v) is 2.32. The third kappa shape index (κ3) is 1.33. The van der Waals surface area contributed by atoms with E-state index in [9.17, 15) is 0 Å². The van der Waals surface area contributed by atoms with Crippen LogP contribution >= 0.6 is 22.9 Å². The Hall–Kier alpha value is -0.940. The SMILES string of the molecule is Cc1csc(-c2noc(Cl)n2)n1. The maximum absolute atomic E-state index is 5.45. The maximum Gasteiger partial charge on any atom is 0.320 e. The first-order chi connectivity index (χ1) is 5.75. The summed E-state index contributed by atoms with van der Waals surface area (Å²) in [7, 11) is 0. The molecule has 2 heterocycles. The third-order valence-electron chi connectivity index (χ3n) is 1.21. The van der Waals surface area contributed by atoms with Gasteiger partial charge in [-0.2, -0.15) is 4.98 Å². The monoisotopic (exact) mass is 201 g/mol. The first kappa shape index (κ1) is 7.70. The molecule has 0 bridgehead atoms. The van der Waals surface area contributed by atoms with E-state index in [4.69, 9.17) is 11.6 Å². The summed E-state index contributed by atoms with van der Waals surface area (Å²) in [4.78, 5) is 8.00. The maximum atomic E-state index is 5.45. The first-order valence-electron chi connectivity index (χ1n) is 3.17. The molecule has 2 aromatic heterocycles. The lowest BCUT2D eigenvalue weighted by Crippen LogP contribution is -1.78. The van der Waals surface area contributed by atoms with Crippen molar-refractivity contribution in [2.45, 2.75) is 6.92 Å². The van der Waals surface area contributed by atoms with Gasteiger partial charge in [0.2, 0.25) is 5.82 Å². The van der Waals surface area contributed by atoms with Crippen LogP contribution in [0.25, 0.3) is 10.8 Å². The van der Waals surface area contributed by atoms with Crippen molar-refractivity contribution in [3.8, 4) is 10.8 Å². The van der Waals surface area contributed by atoms with Gasteiger partial charge in [-0.3, -0.25) is 0 Å². The fraction of sp³-hybridized carbons (Fsp3) is 0.167. The summed E-state index contributed by atoms with van der Waals surface area (Å²) in [5.74, 6) is 0.443. The van der Waals surface area contributed by atoms with Gasteiger partial charge in [0.15, 0.2) is 5.01 Å². The molecule has 2 rings (SSSR count). The van der Waals surface area contributed by atoms with Gasteiger partial charge in [-0.25, -0.2) is 4.98 Å². The average molecular weight is 202 g/mol. The summed E-state index contributed by atoms with van der Waals surface area (Å²) in [6.07, 6.45) is 0. The Morgan fingerprint density at radius 1 is 1.50 bits per heavy atom. The molecular weight excluding hydrogens is 198 g/mol. The van der Waals surface area contributed by atoms with Gasteiger partial charge >= 0.3 is 5.35 Å². The predicted octanol–water partition coefficient (Wildman–Crippen LogP) is 2.15. The van der Waals surface area contributed by atoms with Crippen LogP contribution in [0.4, 0.5) is 0 Å². The van der Waals surface area contributed by atoms with Crippen LogP contribution in [0.1, 0.15) is 5.69 Å². The molecule has 0 aliphatic heterocycles. The highest BCUT2D eigenvalue weighted by Gasteiger charge is 2.09. The lowest BCUT2D eigenvalue weighted by atomic mass is 10.6. The molecule has 2 aromatic rings. The van der Waals surface area contributed by atoms with E-state index in [0.29, 0.717) is 5.82 Å². The van der Waals surface area contributed by atoms with Crippen molar-refractivity contribution in [2.75, 3.05) is 0 Å². The molecule has 0 aromatic carbocycles. The van der Waals surface area contributed by atoms with E-state index in [1.807, 2.05) is 12.3 Å². The number of halogens is 1. The van der Waals surface area contributed by atoms with Gasteiger partial charge < -0.3 is 4.52 Å². The number of nitrogens with zero attached hydrogens (tertiary/aromatic N) is 3. The molecular formula is C6H4ClN3OS. The molecule has 0 atom stereocenters. The van der Waals surface area contributed by atoms with E-state index >= 15 is 0 Å².